The molecule has 0 saturated carbocycles. The average molecular weight is 275 g/mol. The van der Waals surface area contributed by atoms with E-state index in [-0.39, 0.29) is 6.01 Å². The topological polar surface area (TPSA) is 80.7 Å². The average Bonchev–Trinajstić information content (AvgIpc) is 2.94. The Morgan fingerprint density at radius 3 is 2.55 bits per heavy atom. The Morgan fingerprint density at radius 1 is 1.15 bits per heavy atom. The van der Waals surface area contributed by atoms with Gasteiger partial charge in [0.2, 0.25) is 0 Å². The van der Waals surface area contributed by atoms with Crippen LogP contribution < -0.4 is 20.3 Å². The maximum Gasteiger partial charge on any atom is 0.319 e. The van der Waals surface area contributed by atoms with E-state index in [1.807, 2.05) is 23.1 Å². The third kappa shape index (κ3) is 2.47. The van der Waals surface area contributed by atoms with Crippen molar-refractivity contribution >= 4 is 17.7 Å². The number of hydrogen-bond acceptors (Lipinski definition) is 7. The van der Waals surface area contributed by atoms with Crippen LogP contribution in [0.4, 0.5) is 17.7 Å². The minimum Gasteiger partial charge on any atom is -0.497 e. The van der Waals surface area contributed by atoms with Gasteiger partial charge in [-0.1, -0.05) is 16.3 Å². The zero-order valence-corrected chi connectivity index (χ0v) is 11.3. The van der Waals surface area contributed by atoms with Crippen molar-refractivity contribution in [2.24, 2.45) is 0 Å². The number of hydrogen-bond donors (Lipinski definition) is 1. The van der Waals surface area contributed by atoms with E-state index in [0.717, 1.165) is 37.6 Å². The lowest BCUT2D eigenvalue weighted by Gasteiger charge is -2.35. The summed E-state index contributed by atoms with van der Waals surface area (Å²) in [6.07, 6.45) is 0. The molecule has 1 saturated heterocycles. The molecule has 1 fully saturated rings. The van der Waals surface area contributed by atoms with Crippen LogP contribution in [0.1, 0.15) is 0 Å². The largest absolute Gasteiger partial charge is 0.497 e. The predicted molar refractivity (Wildman–Crippen MR) is 76.1 cm³/mol. The quantitative estimate of drug-likeness (QED) is 0.894. The van der Waals surface area contributed by atoms with Gasteiger partial charge in [-0.2, -0.15) is 0 Å². The van der Waals surface area contributed by atoms with Crippen LogP contribution >= 0.6 is 0 Å². The molecule has 0 bridgehead atoms. The van der Waals surface area contributed by atoms with Crippen LogP contribution in [-0.4, -0.2) is 43.5 Å². The second kappa shape index (κ2) is 5.28. The zero-order chi connectivity index (χ0) is 13.9. The predicted octanol–water partition coefficient (Wildman–Crippen LogP) is 0.987. The van der Waals surface area contributed by atoms with Gasteiger partial charge >= 0.3 is 12.0 Å². The molecule has 2 aromatic rings. The molecule has 106 valence electrons. The maximum atomic E-state index is 5.44. The Morgan fingerprint density at radius 2 is 1.90 bits per heavy atom. The van der Waals surface area contributed by atoms with E-state index >= 15 is 0 Å². The molecule has 0 spiro atoms. The van der Waals surface area contributed by atoms with Crippen molar-refractivity contribution < 1.29 is 9.15 Å². The van der Waals surface area contributed by atoms with Gasteiger partial charge in [-0.25, -0.2) is 0 Å². The number of nitrogens with two attached hydrogens (primary N) is 1. The second-order valence-corrected chi connectivity index (χ2v) is 4.60. The van der Waals surface area contributed by atoms with Crippen molar-refractivity contribution in [3.63, 3.8) is 0 Å². The Balaban J connectivity index is 1.66. The zero-order valence-electron chi connectivity index (χ0n) is 11.3. The van der Waals surface area contributed by atoms with Crippen LogP contribution in [0.3, 0.4) is 0 Å². The first-order valence-corrected chi connectivity index (χ1v) is 6.49. The lowest BCUT2D eigenvalue weighted by Crippen LogP contribution is -2.46. The van der Waals surface area contributed by atoms with Crippen LogP contribution in [0.5, 0.6) is 5.75 Å². The molecular formula is C13H17N5O2. The number of aromatic nitrogens is 2. The minimum atomic E-state index is 0.107. The first-order chi connectivity index (χ1) is 9.76. The molecule has 20 heavy (non-hydrogen) atoms. The third-order valence-electron chi connectivity index (χ3n) is 3.40. The number of piperazine rings is 1. The normalized spacial score (nSPS) is 15.4. The van der Waals surface area contributed by atoms with Gasteiger partial charge in [-0.15, -0.1) is 0 Å². The molecule has 7 nitrogen and oxygen atoms in total. The van der Waals surface area contributed by atoms with Gasteiger partial charge in [-0.3, -0.25) is 0 Å². The highest BCUT2D eigenvalue weighted by molar-refractivity contribution is 5.52. The summed E-state index contributed by atoms with van der Waals surface area (Å²) in [6.45, 7) is 3.41. The number of rotatable bonds is 3. The lowest BCUT2D eigenvalue weighted by molar-refractivity contribution is 0.414. The van der Waals surface area contributed by atoms with Gasteiger partial charge in [0.25, 0.3) is 0 Å². The molecule has 7 heteroatoms. The minimum absolute atomic E-state index is 0.107. The molecule has 1 aromatic carbocycles. The fourth-order valence-corrected chi connectivity index (χ4v) is 2.32. The Labute approximate surface area is 116 Å². The van der Waals surface area contributed by atoms with E-state index in [1.54, 1.807) is 7.11 Å². The van der Waals surface area contributed by atoms with E-state index in [4.69, 9.17) is 14.9 Å². The second-order valence-electron chi connectivity index (χ2n) is 4.60. The van der Waals surface area contributed by atoms with Gasteiger partial charge in [0, 0.05) is 37.9 Å². The first kappa shape index (κ1) is 12.6. The van der Waals surface area contributed by atoms with Crippen molar-refractivity contribution in [2.75, 3.05) is 48.8 Å². The van der Waals surface area contributed by atoms with Crippen LogP contribution in [-0.2, 0) is 0 Å². The lowest BCUT2D eigenvalue weighted by atomic mass is 10.2. The summed E-state index contributed by atoms with van der Waals surface area (Å²) < 4.78 is 10.5. The Bertz CT molecular complexity index is 578. The van der Waals surface area contributed by atoms with Crippen LogP contribution in [0.15, 0.2) is 28.7 Å². The van der Waals surface area contributed by atoms with Crippen molar-refractivity contribution in [2.45, 2.75) is 0 Å². The summed E-state index contributed by atoms with van der Waals surface area (Å²) in [6, 6.07) is 8.67. The molecule has 2 heterocycles. The summed E-state index contributed by atoms with van der Waals surface area (Å²) in [4.78, 5) is 4.35. The molecule has 1 aromatic heterocycles. The molecule has 1 aliphatic heterocycles. The van der Waals surface area contributed by atoms with Gasteiger partial charge in [0.15, 0.2) is 0 Å². The van der Waals surface area contributed by atoms with E-state index in [1.165, 1.54) is 0 Å². The molecule has 0 atom stereocenters. The summed E-state index contributed by atoms with van der Waals surface area (Å²) >= 11 is 0. The highest BCUT2D eigenvalue weighted by Crippen LogP contribution is 2.23. The third-order valence-corrected chi connectivity index (χ3v) is 3.40. The van der Waals surface area contributed by atoms with E-state index in [9.17, 15) is 0 Å². The van der Waals surface area contributed by atoms with Crippen molar-refractivity contribution in [3.8, 4) is 5.75 Å². The number of nitrogens with zero attached hydrogens (tertiary/aromatic N) is 4. The molecular weight excluding hydrogens is 258 g/mol. The summed E-state index contributed by atoms with van der Waals surface area (Å²) in [5.74, 6) is 0.870. The molecule has 0 unspecified atom stereocenters. The SMILES string of the molecule is COc1cccc(N2CCN(c3nnc(N)o3)CC2)c1. The van der Waals surface area contributed by atoms with Crippen LogP contribution in [0.25, 0.3) is 0 Å². The van der Waals surface area contributed by atoms with E-state index in [0.29, 0.717) is 6.01 Å². The number of methoxy groups -OCH3 is 1. The number of ether oxygens (including phenoxy) is 1. The van der Waals surface area contributed by atoms with Gasteiger partial charge in [0.1, 0.15) is 5.75 Å². The highest BCUT2D eigenvalue weighted by atomic mass is 16.5. The molecule has 3 rings (SSSR count). The monoisotopic (exact) mass is 275 g/mol. The fourth-order valence-electron chi connectivity index (χ4n) is 2.32. The number of benzene rings is 1. The van der Waals surface area contributed by atoms with Crippen molar-refractivity contribution in [3.05, 3.63) is 24.3 Å². The van der Waals surface area contributed by atoms with Crippen LogP contribution in [0, 0.1) is 0 Å². The van der Waals surface area contributed by atoms with E-state index in [2.05, 4.69) is 21.2 Å². The molecule has 0 aliphatic carbocycles. The van der Waals surface area contributed by atoms with E-state index < -0.39 is 0 Å². The van der Waals surface area contributed by atoms with Gasteiger partial charge in [-0.05, 0) is 12.1 Å². The summed E-state index contributed by atoms with van der Waals surface area (Å²) in [7, 11) is 1.68. The van der Waals surface area contributed by atoms with Crippen molar-refractivity contribution in [1.82, 2.24) is 10.2 Å². The Hall–Kier alpha value is -2.44. The number of nitrogen functional groups attached to an aromatic ring is 1. The van der Waals surface area contributed by atoms with Crippen molar-refractivity contribution in [1.29, 1.82) is 0 Å². The molecule has 1 aliphatic rings. The fraction of sp³-hybridized carbons (Fsp3) is 0.385. The smallest absolute Gasteiger partial charge is 0.319 e. The summed E-state index contributed by atoms with van der Waals surface area (Å²) in [5.41, 5.74) is 6.61. The van der Waals surface area contributed by atoms with Gasteiger partial charge in [0.05, 0.1) is 7.11 Å². The first-order valence-electron chi connectivity index (χ1n) is 6.49. The standard InChI is InChI=1S/C13H17N5O2/c1-19-11-4-2-3-10(9-11)17-5-7-18(8-6-17)13-16-15-12(14)20-13/h2-4,9H,5-8H2,1H3,(H2,14,15). The molecule has 2 N–H and O–H groups in total. The highest BCUT2D eigenvalue weighted by Gasteiger charge is 2.21. The molecule has 0 amide bonds. The maximum absolute atomic E-state index is 5.44. The Kier molecular flexibility index (Phi) is 3.32. The molecule has 0 radical (unpaired) electrons. The summed E-state index contributed by atoms with van der Waals surface area (Å²) in [5, 5.41) is 7.59. The van der Waals surface area contributed by atoms with Crippen LogP contribution in [0.2, 0.25) is 0 Å². The number of anilines is 3. The van der Waals surface area contributed by atoms with Gasteiger partial charge < -0.3 is 24.7 Å².